The number of sulfonamides is 1. The average Bonchev–Trinajstić information content (AvgIpc) is 2.90. The molecule has 1 atom stereocenters. The van der Waals surface area contributed by atoms with Crippen LogP contribution in [0.5, 0.6) is 0 Å². The summed E-state index contributed by atoms with van der Waals surface area (Å²) in [5.74, 6) is -0.178. The number of hydrogen-bond acceptors (Lipinski definition) is 5. The Kier molecular flexibility index (Phi) is 4.98. The van der Waals surface area contributed by atoms with Gasteiger partial charge in [0.1, 0.15) is 12.0 Å². The van der Waals surface area contributed by atoms with Crippen molar-refractivity contribution >= 4 is 15.7 Å². The van der Waals surface area contributed by atoms with Crippen LogP contribution in [0.1, 0.15) is 12.6 Å². The normalized spacial score (nSPS) is 13.0. The average molecular weight is 309 g/mol. The summed E-state index contributed by atoms with van der Waals surface area (Å²) in [6, 6.07) is 11.1. The molecule has 1 N–H and O–H groups in total. The molecule has 0 aliphatic rings. The number of hydrogen-bond donors (Lipinski definition) is 1. The van der Waals surface area contributed by atoms with Crippen molar-refractivity contribution < 1.29 is 12.9 Å². The maximum Gasteiger partial charge on any atom is 0.217 e. The lowest BCUT2D eigenvalue weighted by Crippen LogP contribution is -2.41. The summed E-state index contributed by atoms with van der Waals surface area (Å²) in [5.41, 5.74) is 1.44. The summed E-state index contributed by atoms with van der Waals surface area (Å²) in [5, 5.41) is 3.61. The minimum absolute atomic E-state index is 0.178. The third-order valence-corrected chi connectivity index (χ3v) is 4.39. The van der Waals surface area contributed by atoms with Gasteiger partial charge in [0, 0.05) is 31.4 Å². The molecule has 1 aromatic carbocycles. The molecule has 2 aromatic rings. The third-order valence-electron chi connectivity index (χ3n) is 2.95. The van der Waals surface area contributed by atoms with E-state index < -0.39 is 10.0 Å². The quantitative estimate of drug-likeness (QED) is 0.841. The van der Waals surface area contributed by atoms with Crippen LogP contribution in [0.3, 0.4) is 0 Å². The Morgan fingerprint density at radius 1 is 1.29 bits per heavy atom. The van der Waals surface area contributed by atoms with Crippen LogP contribution >= 0.6 is 0 Å². The summed E-state index contributed by atoms with van der Waals surface area (Å²) in [6.45, 7) is 2.40. The van der Waals surface area contributed by atoms with Crippen molar-refractivity contribution in [3.05, 3.63) is 48.4 Å². The molecule has 2 rings (SSSR count). The zero-order valence-electron chi connectivity index (χ0n) is 12.1. The fourth-order valence-electron chi connectivity index (χ4n) is 2.09. The number of anilines is 1. The molecular formula is C14H19N3O3S. The molecule has 1 aromatic heterocycles. The van der Waals surface area contributed by atoms with Gasteiger partial charge in [-0.2, -0.15) is 0 Å². The Hall–Kier alpha value is -1.86. The maximum absolute atomic E-state index is 12.0. The second-order valence-corrected chi connectivity index (χ2v) is 6.74. The molecule has 0 aliphatic carbocycles. The molecule has 0 bridgehead atoms. The van der Waals surface area contributed by atoms with Crippen LogP contribution in [-0.2, 0) is 15.8 Å². The topological polar surface area (TPSA) is 75.4 Å². The SMILES string of the molecule is C[C@@H](CN(C)c1ccccc1)NS(=O)(=O)Cc1ccon1. The van der Waals surface area contributed by atoms with Gasteiger partial charge in [-0.15, -0.1) is 0 Å². The minimum Gasteiger partial charge on any atom is -0.373 e. The van der Waals surface area contributed by atoms with Crippen LogP contribution in [0, 0.1) is 0 Å². The van der Waals surface area contributed by atoms with Gasteiger partial charge in [-0.1, -0.05) is 23.4 Å². The Morgan fingerprint density at radius 3 is 2.62 bits per heavy atom. The smallest absolute Gasteiger partial charge is 0.217 e. The Labute approximate surface area is 124 Å². The molecule has 114 valence electrons. The van der Waals surface area contributed by atoms with Crippen LogP contribution in [-0.4, -0.2) is 33.2 Å². The molecule has 0 radical (unpaired) electrons. The summed E-state index contributed by atoms with van der Waals surface area (Å²) in [7, 11) is -1.50. The van der Waals surface area contributed by atoms with Gasteiger partial charge in [-0.05, 0) is 19.1 Å². The van der Waals surface area contributed by atoms with Crippen molar-refractivity contribution in [2.45, 2.75) is 18.7 Å². The number of benzene rings is 1. The molecule has 6 nitrogen and oxygen atoms in total. The van der Waals surface area contributed by atoms with Crippen molar-refractivity contribution in [1.82, 2.24) is 9.88 Å². The molecule has 1 heterocycles. The molecule has 0 saturated heterocycles. The van der Waals surface area contributed by atoms with Crippen molar-refractivity contribution in [1.29, 1.82) is 0 Å². The number of rotatable bonds is 7. The van der Waals surface area contributed by atoms with E-state index in [4.69, 9.17) is 0 Å². The molecule has 0 unspecified atom stereocenters. The first-order valence-corrected chi connectivity index (χ1v) is 8.27. The van der Waals surface area contributed by atoms with E-state index in [9.17, 15) is 8.42 Å². The standard InChI is InChI=1S/C14H19N3O3S/c1-12(10-17(2)14-6-4-3-5-7-14)16-21(18,19)11-13-8-9-20-15-13/h3-9,12,16H,10-11H2,1-2H3/t12-/m0/s1. The highest BCUT2D eigenvalue weighted by atomic mass is 32.2. The highest BCUT2D eigenvalue weighted by Crippen LogP contribution is 2.11. The Morgan fingerprint density at radius 2 is 2.00 bits per heavy atom. The minimum atomic E-state index is -3.43. The van der Waals surface area contributed by atoms with Gasteiger partial charge < -0.3 is 9.42 Å². The van der Waals surface area contributed by atoms with Crippen LogP contribution in [0.15, 0.2) is 47.2 Å². The Bertz CT molecular complexity index is 641. The van der Waals surface area contributed by atoms with Gasteiger partial charge in [0.05, 0.1) is 5.69 Å². The van der Waals surface area contributed by atoms with E-state index in [1.165, 1.54) is 6.26 Å². The predicted molar refractivity (Wildman–Crippen MR) is 81.4 cm³/mol. The van der Waals surface area contributed by atoms with E-state index in [-0.39, 0.29) is 11.8 Å². The van der Waals surface area contributed by atoms with Gasteiger partial charge >= 0.3 is 0 Å². The molecule has 0 fully saturated rings. The van der Waals surface area contributed by atoms with E-state index >= 15 is 0 Å². The van der Waals surface area contributed by atoms with Crippen LogP contribution in [0.2, 0.25) is 0 Å². The van der Waals surface area contributed by atoms with Crippen molar-refractivity contribution in [2.75, 3.05) is 18.5 Å². The first-order chi connectivity index (χ1) is 9.96. The third kappa shape index (κ3) is 4.87. The lowest BCUT2D eigenvalue weighted by Gasteiger charge is -2.23. The number of likely N-dealkylation sites (N-methyl/N-ethyl adjacent to an activating group) is 1. The number of para-hydroxylation sites is 1. The largest absolute Gasteiger partial charge is 0.373 e. The summed E-state index contributed by atoms with van der Waals surface area (Å²) >= 11 is 0. The van der Waals surface area contributed by atoms with Gasteiger partial charge in [0.25, 0.3) is 0 Å². The molecule has 21 heavy (non-hydrogen) atoms. The van der Waals surface area contributed by atoms with E-state index in [2.05, 4.69) is 14.4 Å². The molecule has 0 aliphatic heterocycles. The van der Waals surface area contributed by atoms with Crippen molar-refractivity contribution in [3.63, 3.8) is 0 Å². The van der Waals surface area contributed by atoms with E-state index in [1.807, 2.05) is 49.2 Å². The monoisotopic (exact) mass is 309 g/mol. The fraction of sp³-hybridized carbons (Fsp3) is 0.357. The highest BCUT2D eigenvalue weighted by Gasteiger charge is 2.18. The lowest BCUT2D eigenvalue weighted by molar-refractivity contribution is 0.413. The molecule has 0 saturated carbocycles. The van der Waals surface area contributed by atoms with E-state index in [0.29, 0.717) is 12.2 Å². The maximum atomic E-state index is 12.0. The first kappa shape index (κ1) is 15.5. The fourth-order valence-corrected chi connectivity index (χ4v) is 3.40. The molecule has 7 heteroatoms. The number of nitrogens with one attached hydrogen (secondary N) is 1. The second kappa shape index (κ2) is 6.73. The van der Waals surface area contributed by atoms with Gasteiger partial charge in [-0.25, -0.2) is 13.1 Å². The number of nitrogens with zero attached hydrogens (tertiary/aromatic N) is 2. The van der Waals surface area contributed by atoms with Crippen molar-refractivity contribution in [2.24, 2.45) is 0 Å². The van der Waals surface area contributed by atoms with E-state index in [0.717, 1.165) is 5.69 Å². The zero-order chi connectivity index (χ0) is 15.3. The van der Waals surface area contributed by atoms with Crippen molar-refractivity contribution in [3.8, 4) is 0 Å². The van der Waals surface area contributed by atoms with E-state index in [1.54, 1.807) is 6.07 Å². The highest BCUT2D eigenvalue weighted by molar-refractivity contribution is 7.88. The summed E-state index contributed by atoms with van der Waals surface area (Å²) < 4.78 is 31.3. The van der Waals surface area contributed by atoms with Gasteiger partial charge in [-0.3, -0.25) is 0 Å². The molecular weight excluding hydrogens is 290 g/mol. The van der Waals surface area contributed by atoms with Crippen LogP contribution in [0.4, 0.5) is 5.69 Å². The zero-order valence-corrected chi connectivity index (χ0v) is 12.9. The van der Waals surface area contributed by atoms with Gasteiger partial charge in [0.15, 0.2) is 0 Å². The predicted octanol–water partition coefficient (Wildman–Crippen LogP) is 1.62. The van der Waals surface area contributed by atoms with Crippen LogP contribution < -0.4 is 9.62 Å². The Balaban J connectivity index is 1.90. The first-order valence-electron chi connectivity index (χ1n) is 6.62. The lowest BCUT2D eigenvalue weighted by atomic mass is 10.2. The summed E-state index contributed by atoms with van der Waals surface area (Å²) in [6.07, 6.45) is 1.36. The van der Waals surface area contributed by atoms with Gasteiger partial charge in [0.2, 0.25) is 10.0 Å². The summed E-state index contributed by atoms with van der Waals surface area (Å²) in [4.78, 5) is 2.00. The number of aromatic nitrogens is 1. The second-order valence-electron chi connectivity index (χ2n) is 4.98. The molecule has 0 spiro atoms. The molecule has 0 amide bonds. The van der Waals surface area contributed by atoms with Crippen LogP contribution in [0.25, 0.3) is 0 Å².